The average Bonchev–Trinajstić information content (AvgIpc) is 2.85. The van der Waals surface area contributed by atoms with Crippen LogP contribution in [0.5, 0.6) is 11.5 Å². The third-order valence-electron chi connectivity index (χ3n) is 5.41. The number of aryl methyl sites for hydroxylation is 1. The first-order valence-corrected chi connectivity index (χ1v) is 10.8. The summed E-state index contributed by atoms with van der Waals surface area (Å²) in [5.41, 5.74) is 0.972. The van der Waals surface area contributed by atoms with Gasteiger partial charge in [-0.2, -0.15) is 0 Å². The van der Waals surface area contributed by atoms with Gasteiger partial charge >= 0.3 is 6.03 Å². The molecule has 0 radical (unpaired) electrons. The molecule has 1 heterocycles. The van der Waals surface area contributed by atoms with E-state index in [0.29, 0.717) is 0 Å². The summed E-state index contributed by atoms with van der Waals surface area (Å²) in [5, 5.41) is 14.0. The SMILES string of the molecule is COc1cc(/C=C2\C(=O)NC(=O)N(c3cccc(C)c3)C2=O)c([N+](=O)[O-])cc1OCc1ccccc1. The molecule has 0 atom stereocenters. The van der Waals surface area contributed by atoms with Crippen molar-refractivity contribution in [1.29, 1.82) is 0 Å². The van der Waals surface area contributed by atoms with E-state index in [9.17, 15) is 24.5 Å². The summed E-state index contributed by atoms with van der Waals surface area (Å²) in [5.74, 6) is -1.59. The van der Waals surface area contributed by atoms with Gasteiger partial charge in [-0.15, -0.1) is 0 Å². The molecule has 1 aliphatic heterocycles. The number of methoxy groups -OCH3 is 1. The quantitative estimate of drug-likeness (QED) is 0.229. The highest BCUT2D eigenvalue weighted by atomic mass is 16.6. The number of barbiturate groups is 1. The molecular weight excluding hydrogens is 466 g/mol. The highest BCUT2D eigenvalue weighted by molar-refractivity contribution is 6.39. The van der Waals surface area contributed by atoms with E-state index in [1.807, 2.05) is 30.3 Å². The maximum atomic E-state index is 13.2. The largest absolute Gasteiger partial charge is 0.493 e. The number of nitrogens with zero attached hydrogens (tertiary/aromatic N) is 2. The molecule has 0 bridgehead atoms. The number of anilines is 1. The van der Waals surface area contributed by atoms with E-state index < -0.39 is 34.0 Å². The minimum Gasteiger partial charge on any atom is -0.493 e. The van der Waals surface area contributed by atoms with E-state index in [2.05, 4.69) is 5.32 Å². The van der Waals surface area contributed by atoms with Crippen LogP contribution in [-0.4, -0.2) is 29.9 Å². The molecular formula is C26H21N3O7. The lowest BCUT2D eigenvalue weighted by atomic mass is 10.0. The van der Waals surface area contributed by atoms with Gasteiger partial charge in [0.15, 0.2) is 11.5 Å². The number of rotatable bonds is 7. The first-order chi connectivity index (χ1) is 17.3. The lowest BCUT2D eigenvalue weighted by molar-refractivity contribution is -0.385. The van der Waals surface area contributed by atoms with E-state index in [4.69, 9.17) is 9.47 Å². The molecule has 4 amide bonds. The van der Waals surface area contributed by atoms with Crippen molar-refractivity contribution in [3.8, 4) is 11.5 Å². The monoisotopic (exact) mass is 487 g/mol. The second-order valence-electron chi connectivity index (χ2n) is 7.89. The van der Waals surface area contributed by atoms with Crippen LogP contribution in [-0.2, 0) is 16.2 Å². The predicted octanol–water partition coefficient (Wildman–Crippen LogP) is 4.16. The molecule has 0 aliphatic carbocycles. The maximum Gasteiger partial charge on any atom is 0.335 e. The van der Waals surface area contributed by atoms with Crippen LogP contribution in [0, 0.1) is 17.0 Å². The van der Waals surface area contributed by atoms with Crippen molar-refractivity contribution in [2.24, 2.45) is 0 Å². The van der Waals surface area contributed by atoms with Gasteiger partial charge in [-0.05, 0) is 42.3 Å². The molecule has 182 valence electrons. The molecule has 0 aromatic heterocycles. The molecule has 1 saturated heterocycles. The summed E-state index contributed by atoms with van der Waals surface area (Å²) in [4.78, 5) is 50.2. The highest BCUT2D eigenvalue weighted by Gasteiger charge is 2.37. The fourth-order valence-corrected chi connectivity index (χ4v) is 3.66. The number of nitrogens with one attached hydrogen (secondary N) is 1. The highest BCUT2D eigenvalue weighted by Crippen LogP contribution is 2.37. The second kappa shape index (κ2) is 10.1. The number of nitro benzene ring substituents is 1. The summed E-state index contributed by atoms with van der Waals surface area (Å²) in [6, 6.07) is 17.4. The zero-order chi connectivity index (χ0) is 25.8. The van der Waals surface area contributed by atoms with Crippen LogP contribution in [0.3, 0.4) is 0 Å². The molecule has 3 aromatic carbocycles. The molecule has 4 rings (SSSR count). The number of imide groups is 2. The number of carbonyl (C=O) groups excluding carboxylic acids is 3. The van der Waals surface area contributed by atoms with Crippen molar-refractivity contribution in [1.82, 2.24) is 5.32 Å². The number of hydrogen-bond donors (Lipinski definition) is 1. The van der Waals surface area contributed by atoms with E-state index in [-0.39, 0.29) is 29.4 Å². The second-order valence-corrected chi connectivity index (χ2v) is 7.89. The van der Waals surface area contributed by atoms with Gasteiger partial charge < -0.3 is 9.47 Å². The Morgan fingerprint density at radius 1 is 1.00 bits per heavy atom. The van der Waals surface area contributed by atoms with Crippen LogP contribution in [0.4, 0.5) is 16.2 Å². The zero-order valence-electron chi connectivity index (χ0n) is 19.4. The molecule has 1 N–H and O–H groups in total. The number of amides is 4. The van der Waals surface area contributed by atoms with Gasteiger partial charge in [0.25, 0.3) is 17.5 Å². The Morgan fingerprint density at radius 3 is 2.42 bits per heavy atom. The lowest BCUT2D eigenvalue weighted by Crippen LogP contribution is -2.54. The number of ether oxygens (including phenoxy) is 2. The number of carbonyl (C=O) groups is 3. The van der Waals surface area contributed by atoms with Crippen LogP contribution in [0.15, 0.2) is 72.3 Å². The lowest BCUT2D eigenvalue weighted by Gasteiger charge is -2.26. The van der Waals surface area contributed by atoms with Crippen LogP contribution in [0.2, 0.25) is 0 Å². The zero-order valence-corrected chi connectivity index (χ0v) is 19.4. The third-order valence-corrected chi connectivity index (χ3v) is 5.41. The Hall–Kier alpha value is -4.99. The summed E-state index contributed by atoms with van der Waals surface area (Å²) >= 11 is 0. The van der Waals surface area contributed by atoms with Crippen molar-refractivity contribution in [2.75, 3.05) is 12.0 Å². The minimum atomic E-state index is -0.966. The fraction of sp³-hybridized carbons (Fsp3) is 0.115. The van der Waals surface area contributed by atoms with Gasteiger partial charge in [-0.3, -0.25) is 25.0 Å². The van der Waals surface area contributed by atoms with Gasteiger partial charge in [0.05, 0.1) is 29.4 Å². The molecule has 36 heavy (non-hydrogen) atoms. The van der Waals surface area contributed by atoms with Crippen LogP contribution < -0.4 is 19.7 Å². The van der Waals surface area contributed by atoms with Gasteiger partial charge in [0, 0.05) is 0 Å². The van der Waals surface area contributed by atoms with E-state index in [0.717, 1.165) is 22.1 Å². The Labute approximate surface area is 205 Å². The molecule has 0 spiro atoms. The Kier molecular flexibility index (Phi) is 6.77. The predicted molar refractivity (Wildman–Crippen MR) is 131 cm³/mol. The van der Waals surface area contributed by atoms with Crippen molar-refractivity contribution < 1.29 is 28.8 Å². The smallest absolute Gasteiger partial charge is 0.335 e. The van der Waals surface area contributed by atoms with Crippen molar-refractivity contribution >= 4 is 35.3 Å². The van der Waals surface area contributed by atoms with Gasteiger partial charge in [-0.25, -0.2) is 9.69 Å². The Morgan fingerprint density at radius 2 is 1.75 bits per heavy atom. The molecule has 3 aromatic rings. The van der Waals surface area contributed by atoms with Crippen LogP contribution >= 0.6 is 0 Å². The van der Waals surface area contributed by atoms with Crippen molar-refractivity contribution in [3.05, 3.63) is 99.1 Å². The van der Waals surface area contributed by atoms with Gasteiger partial charge in [-0.1, -0.05) is 42.5 Å². The summed E-state index contributed by atoms with van der Waals surface area (Å²) in [7, 11) is 1.37. The number of nitro groups is 1. The van der Waals surface area contributed by atoms with Gasteiger partial charge in [0.2, 0.25) is 0 Å². The first kappa shape index (κ1) is 24.1. The number of hydrogen-bond acceptors (Lipinski definition) is 7. The number of urea groups is 1. The Bertz CT molecular complexity index is 1400. The molecule has 0 unspecified atom stereocenters. The molecule has 10 nitrogen and oxygen atoms in total. The van der Waals surface area contributed by atoms with Crippen LogP contribution in [0.25, 0.3) is 6.08 Å². The third kappa shape index (κ3) is 4.92. The topological polar surface area (TPSA) is 128 Å². The molecule has 1 aliphatic rings. The summed E-state index contributed by atoms with van der Waals surface area (Å²) in [6.45, 7) is 1.93. The van der Waals surface area contributed by atoms with Crippen molar-refractivity contribution in [3.63, 3.8) is 0 Å². The average molecular weight is 487 g/mol. The summed E-state index contributed by atoms with van der Waals surface area (Å²) < 4.78 is 11.1. The first-order valence-electron chi connectivity index (χ1n) is 10.8. The fourth-order valence-electron chi connectivity index (χ4n) is 3.66. The van der Waals surface area contributed by atoms with Crippen LogP contribution in [0.1, 0.15) is 16.7 Å². The molecule has 1 fully saturated rings. The van der Waals surface area contributed by atoms with E-state index in [1.54, 1.807) is 31.2 Å². The van der Waals surface area contributed by atoms with Crippen molar-refractivity contribution in [2.45, 2.75) is 13.5 Å². The standard InChI is InChI=1S/C26H21N3O7/c1-16-7-6-10-19(11-16)28-25(31)20(24(30)27-26(28)32)12-18-13-22(35-2)23(14-21(18)29(33)34)36-15-17-8-4-3-5-9-17/h3-14H,15H2,1-2H3,(H,27,30,32)/b20-12+. The van der Waals surface area contributed by atoms with E-state index >= 15 is 0 Å². The maximum absolute atomic E-state index is 13.2. The Balaban J connectivity index is 1.73. The normalized spacial score (nSPS) is 14.6. The molecule has 0 saturated carbocycles. The molecule has 10 heteroatoms. The van der Waals surface area contributed by atoms with E-state index in [1.165, 1.54) is 19.2 Å². The number of benzene rings is 3. The van der Waals surface area contributed by atoms with Gasteiger partial charge in [0.1, 0.15) is 12.2 Å². The minimum absolute atomic E-state index is 0.0686. The summed E-state index contributed by atoms with van der Waals surface area (Å²) in [6.07, 6.45) is 1.06.